The fourth-order valence-electron chi connectivity index (χ4n) is 3.34. The van der Waals surface area contributed by atoms with Crippen molar-refractivity contribution >= 4 is 10.8 Å². The molecule has 3 rings (SSSR count). The van der Waals surface area contributed by atoms with Crippen LogP contribution >= 0.6 is 0 Å². The molecule has 1 fully saturated rings. The molecule has 1 N–H and O–H groups in total. The monoisotopic (exact) mass is 285 g/mol. The maximum Gasteiger partial charge on any atom is 0.130 e. The second-order valence-corrected chi connectivity index (χ2v) is 5.73. The number of nitrogens with one attached hydrogen (secondary N) is 1. The van der Waals surface area contributed by atoms with Crippen molar-refractivity contribution in [1.29, 1.82) is 0 Å². The van der Waals surface area contributed by atoms with Crippen molar-refractivity contribution in [1.82, 2.24) is 5.32 Å². The SMILES string of the molecule is COc1cc(CC2CCCNC2)c(OC)c2ccccc12. The summed E-state index contributed by atoms with van der Waals surface area (Å²) in [5.74, 6) is 2.61. The zero-order chi connectivity index (χ0) is 14.7. The molecule has 0 aliphatic carbocycles. The van der Waals surface area contributed by atoms with Gasteiger partial charge in [-0.3, -0.25) is 0 Å². The zero-order valence-electron chi connectivity index (χ0n) is 12.8. The molecule has 1 unspecified atom stereocenters. The van der Waals surface area contributed by atoms with Gasteiger partial charge in [-0.1, -0.05) is 24.3 Å². The highest BCUT2D eigenvalue weighted by molar-refractivity contribution is 5.94. The Bertz CT molecular complexity index is 618. The molecule has 1 atom stereocenters. The summed E-state index contributed by atoms with van der Waals surface area (Å²) in [5.41, 5.74) is 1.25. The average molecular weight is 285 g/mol. The summed E-state index contributed by atoms with van der Waals surface area (Å²) in [6.07, 6.45) is 3.58. The Morgan fingerprint density at radius 3 is 2.62 bits per heavy atom. The predicted octanol–water partition coefficient (Wildman–Crippen LogP) is 3.40. The third-order valence-electron chi connectivity index (χ3n) is 4.37. The van der Waals surface area contributed by atoms with Crippen LogP contribution in [0.25, 0.3) is 10.8 Å². The summed E-state index contributed by atoms with van der Waals surface area (Å²) in [4.78, 5) is 0. The lowest BCUT2D eigenvalue weighted by molar-refractivity contribution is 0.363. The van der Waals surface area contributed by atoms with Crippen molar-refractivity contribution in [3.05, 3.63) is 35.9 Å². The van der Waals surface area contributed by atoms with Gasteiger partial charge in [-0.2, -0.15) is 0 Å². The van der Waals surface area contributed by atoms with Crippen LogP contribution in [0.2, 0.25) is 0 Å². The topological polar surface area (TPSA) is 30.5 Å². The molecular weight excluding hydrogens is 262 g/mol. The van der Waals surface area contributed by atoms with E-state index in [1.165, 1.54) is 18.4 Å². The highest BCUT2D eigenvalue weighted by Crippen LogP contribution is 2.38. The minimum Gasteiger partial charge on any atom is -0.496 e. The first-order valence-corrected chi connectivity index (χ1v) is 7.66. The molecule has 0 saturated carbocycles. The summed E-state index contributed by atoms with van der Waals surface area (Å²) in [7, 11) is 3.50. The fraction of sp³-hybridized carbons (Fsp3) is 0.444. The predicted molar refractivity (Wildman–Crippen MR) is 86.3 cm³/mol. The number of benzene rings is 2. The number of rotatable bonds is 4. The van der Waals surface area contributed by atoms with Crippen LogP contribution in [-0.4, -0.2) is 27.3 Å². The molecule has 1 heterocycles. The van der Waals surface area contributed by atoms with Gasteiger partial charge in [0.05, 0.1) is 14.2 Å². The van der Waals surface area contributed by atoms with Gasteiger partial charge in [0, 0.05) is 10.8 Å². The lowest BCUT2D eigenvalue weighted by atomic mass is 9.90. The number of hydrogen-bond acceptors (Lipinski definition) is 3. The standard InChI is InChI=1S/C18H23NO2/c1-20-17-11-14(10-13-6-5-9-19-12-13)18(21-2)16-8-4-3-7-15(16)17/h3-4,7-8,11,13,19H,5-6,9-10,12H2,1-2H3. The van der Waals surface area contributed by atoms with E-state index in [0.29, 0.717) is 5.92 Å². The normalized spacial score (nSPS) is 18.7. The Morgan fingerprint density at radius 2 is 1.95 bits per heavy atom. The van der Waals surface area contributed by atoms with Gasteiger partial charge in [-0.25, -0.2) is 0 Å². The Balaban J connectivity index is 2.03. The maximum atomic E-state index is 5.72. The molecular formula is C18H23NO2. The molecule has 1 aliphatic rings. The summed E-state index contributed by atoms with van der Waals surface area (Å²) in [5, 5.41) is 5.74. The second-order valence-electron chi connectivity index (χ2n) is 5.73. The van der Waals surface area contributed by atoms with Crippen molar-refractivity contribution < 1.29 is 9.47 Å². The molecule has 0 aromatic heterocycles. The summed E-state index contributed by atoms with van der Waals surface area (Å²) < 4.78 is 11.3. The molecule has 3 nitrogen and oxygen atoms in total. The number of piperidine rings is 1. The minimum absolute atomic E-state index is 0.679. The van der Waals surface area contributed by atoms with Gasteiger partial charge in [0.25, 0.3) is 0 Å². The molecule has 0 radical (unpaired) electrons. The van der Waals surface area contributed by atoms with Gasteiger partial charge >= 0.3 is 0 Å². The molecule has 2 aromatic rings. The number of fused-ring (bicyclic) bond motifs is 1. The van der Waals surface area contributed by atoms with Crippen molar-refractivity contribution in [3.8, 4) is 11.5 Å². The van der Waals surface area contributed by atoms with Crippen LogP contribution in [0, 0.1) is 5.92 Å². The highest BCUT2D eigenvalue weighted by atomic mass is 16.5. The number of hydrogen-bond donors (Lipinski definition) is 1. The van der Waals surface area contributed by atoms with Gasteiger partial charge < -0.3 is 14.8 Å². The van der Waals surface area contributed by atoms with Crippen molar-refractivity contribution in [2.24, 2.45) is 5.92 Å². The van der Waals surface area contributed by atoms with Crippen molar-refractivity contribution in [3.63, 3.8) is 0 Å². The quantitative estimate of drug-likeness (QED) is 0.934. The van der Waals surface area contributed by atoms with Crippen LogP contribution in [0.3, 0.4) is 0 Å². The molecule has 1 saturated heterocycles. The Labute approximate surface area is 126 Å². The van der Waals surface area contributed by atoms with Crippen molar-refractivity contribution in [2.75, 3.05) is 27.3 Å². The van der Waals surface area contributed by atoms with E-state index < -0.39 is 0 Å². The highest BCUT2D eigenvalue weighted by Gasteiger charge is 2.19. The van der Waals surface area contributed by atoms with Gasteiger partial charge in [-0.15, -0.1) is 0 Å². The third-order valence-corrected chi connectivity index (χ3v) is 4.37. The van der Waals surface area contributed by atoms with Gasteiger partial charge in [0.2, 0.25) is 0 Å². The van der Waals surface area contributed by atoms with E-state index >= 15 is 0 Å². The van der Waals surface area contributed by atoms with Crippen LogP contribution in [-0.2, 0) is 6.42 Å². The van der Waals surface area contributed by atoms with Crippen LogP contribution in [0.15, 0.2) is 30.3 Å². The van der Waals surface area contributed by atoms with E-state index in [1.807, 2.05) is 6.07 Å². The van der Waals surface area contributed by atoms with E-state index in [1.54, 1.807) is 14.2 Å². The molecule has 0 bridgehead atoms. The fourth-order valence-corrected chi connectivity index (χ4v) is 3.34. The first-order chi connectivity index (χ1) is 10.3. The van der Waals surface area contributed by atoms with E-state index in [9.17, 15) is 0 Å². The Morgan fingerprint density at radius 1 is 1.14 bits per heavy atom. The average Bonchev–Trinajstić information content (AvgIpc) is 2.55. The van der Waals surface area contributed by atoms with Crippen LogP contribution in [0.4, 0.5) is 0 Å². The molecule has 3 heteroatoms. The third kappa shape index (κ3) is 2.84. The molecule has 0 amide bonds. The minimum atomic E-state index is 0.679. The summed E-state index contributed by atoms with van der Waals surface area (Å²) >= 11 is 0. The maximum absolute atomic E-state index is 5.72. The van der Waals surface area contributed by atoms with Crippen LogP contribution in [0.5, 0.6) is 11.5 Å². The molecule has 21 heavy (non-hydrogen) atoms. The molecule has 112 valence electrons. The lowest BCUT2D eigenvalue weighted by Crippen LogP contribution is -2.30. The van der Waals surface area contributed by atoms with E-state index in [2.05, 4.69) is 29.6 Å². The number of methoxy groups -OCH3 is 2. The zero-order valence-corrected chi connectivity index (χ0v) is 12.8. The van der Waals surface area contributed by atoms with E-state index in [4.69, 9.17) is 9.47 Å². The van der Waals surface area contributed by atoms with Gasteiger partial charge in [0.15, 0.2) is 0 Å². The second kappa shape index (κ2) is 6.35. The van der Waals surface area contributed by atoms with E-state index in [-0.39, 0.29) is 0 Å². The van der Waals surface area contributed by atoms with Crippen molar-refractivity contribution in [2.45, 2.75) is 19.3 Å². The van der Waals surface area contributed by atoms with Crippen LogP contribution in [0.1, 0.15) is 18.4 Å². The first kappa shape index (κ1) is 14.2. The van der Waals surface area contributed by atoms with Gasteiger partial charge in [-0.05, 0) is 49.9 Å². The lowest BCUT2D eigenvalue weighted by Gasteiger charge is -2.24. The van der Waals surface area contributed by atoms with Gasteiger partial charge in [0.1, 0.15) is 11.5 Å². The first-order valence-electron chi connectivity index (χ1n) is 7.66. The summed E-state index contributed by atoms with van der Waals surface area (Å²) in [6, 6.07) is 10.4. The molecule has 1 aliphatic heterocycles. The summed E-state index contributed by atoms with van der Waals surface area (Å²) in [6.45, 7) is 2.24. The molecule has 0 spiro atoms. The smallest absolute Gasteiger partial charge is 0.130 e. The number of ether oxygens (including phenoxy) is 2. The largest absolute Gasteiger partial charge is 0.496 e. The Kier molecular flexibility index (Phi) is 4.30. The molecule has 2 aromatic carbocycles. The van der Waals surface area contributed by atoms with Crippen LogP contribution < -0.4 is 14.8 Å². The Hall–Kier alpha value is -1.74. The van der Waals surface area contributed by atoms with E-state index in [0.717, 1.165) is 41.8 Å².